The van der Waals surface area contributed by atoms with E-state index in [0.29, 0.717) is 207 Å². The van der Waals surface area contributed by atoms with Crippen LogP contribution >= 0.6 is 68.8 Å². The summed E-state index contributed by atoms with van der Waals surface area (Å²) in [5.41, 5.74) is 12.6. The number of aliphatic carboxylic acids is 2. The third kappa shape index (κ3) is 25.8. The Balaban J connectivity index is 0.000000161. The van der Waals surface area contributed by atoms with Gasteiger partial charge in [-0.15, -0.1) is 34.0 Å². The lowest BCUT2D eigenvalue weighted by atomic mass is 9.95. The minimum atomic E-state index is -1.41. The number of thiazole rings is 3. The molecule has 0 aliphatic carbocycles. The smallest absolute Gasteiger partial charge is 0.408 e. The van der Waals surface area contributed by atoms with Crippen LogP contribution in [0, 0.1) is 17.5 Å². The van der Waals surface area contributed by atoms with Crippen LogP contribution in [-0.2, 0) is 65.4 Å². The molecule has 8 atom stereocenters. The molecule has 47 heteroatoms. The van der Waals surface area contributed by atoms with E-state index in [9.17, 15) is 71.0 Å². The van der Waals surface area contributed by atoms with E-state index in [1.165, 1.54) is 110 Å². The van der Waals surface area contributed by atoms with Crippen molar-refractivity contribution in [2.24, 2.45) is 20.7 Å². The van der Waals surface area contributed by atoms with E-state index in [2.05, 4.69) is 56.2 Å². The number of amidine groups is 3. The Morgan fingerprint density at radius 1 is 0.527 bits per heavy atom. The van der Waals surface area contributed by atoms with Gasteiger partial charge in [0, 0.05) is 212 Å². The number of carboxylic acid groups (broad SMARTS) is 2. The molecule has 1 unspecified atom stereocenters. The predicted molar refractivity (Wildman–Crippen MR) is 558 cm³/mol. The van der Waals surface area contributed by atoms with Crippen LogP contribution < -0.4 is 47.0 Å². The van der Waals surface area contributed by atoms with Gasteiger partial charge in [-0.05, 0) is 143 Å². The number of carboxylic acids is 2. The Kier molecular flexibility index (Phi) is 34.9. The normalized spacial score (nSPS) is 19.8. The van der Waals surface area contributed by atoms with Gasteiger partial charge in [0.25, 0.3) is 0 Å². The molecule has 38 nitrogen and oxygen atoms in total. The second-order valence-electron chi connectivity index (χ2n) is 37.5. The van der Waals surface area contributed by atoms with Gasteiger partial charge in [-0.3, -0.25) is 58.8 Å². The zero-order chi connectivity index (χ0) is 107. The molecule has 0 saturated carbocycles. The van der Waals surface area contributed by atoms with E-state index in [1.807, 2.05) is 44.8 Å². The van der Waals surface area contributed by atoms with Crippen molar-refractivity contribution in [1.82, 2.24) is 70.9 Å². The van der Waals surface area contributed by atoms with Crippen molar-refractivity contribution in [3.8, 4) is 0 Å². The van der Waals surface area contributed by atoms with Gasteiger partial charge in [0.05, 0.1) is 68.1 Å². The van der Waals surface area contributed by atoms with E-state index in [1.54, 1.807) is 120 Å². The molecule has 6 saturated heterocycles. The summed E-state index contributed by atoms with van der Waals surface area (Å²) in [5, 5.41) is 41.9. The van der Waals surface area contributed by atoms with Gasteiger partial charge in [-0.2, -0.15) is 0 Å². The number of aryl methyl sites for hydroxylation is 1. The molecule has 9 aliphatic heterocycles. The first-order chi connectivity index (χ1) is 71.9. The highest BCUT2D eigenvalue weighted by Crippen LogP contribution is 2.43. The van der Waals surface area contributed by atoms with E-state index < -0.39 is 89.2 Å². The van der Waals surface area contributed by atoms with Crippen LogP contribution in [0.3, 0.4) is 0 Å². The number of esters is 3. The fraction of sp³-hybridized carbons (Fsp3) is 0.369. The molecule has 12 heterocycles. The average molecular weight is 2170 g/mol. The number of benzene rings is 6. The van der Waals surface area contributed by atoms with Crippen molar-refractivity contribution in [1.29, 1.82) is 0 Å². The number of fused-ring (bicyclic) bond motifs is 3. The van der Waals surface area contributed by atoms with Gasteiger partial charge < -0.3 is 76.2 Å². The van der Waals surface area contributed by atoms with E-state index in [4.69, 9.17) is 79.6 Å². The molecule has 150 heavy (non-hydrogen) atoms. The number of ether oxygens (including phenoxy) is 4. The number of aliphatic imine (C=N–C) groups is 3. The van der Waals surface area contributed by atoms with Gasteiger partial charge >= 0.3 is 54.0 Å². The van der Waals surface area contributed by atoms with Crippen LogP contribution in [0.4, 0.5) is 49.4 Å². The highest BCUT2D eigenvalue weighted by atomic mass is 35.5. The summed E-state index contributed by atoms with van der Waals surface area (Å²) < 4.78 is 63.2. The number of hydrogen-bond donors (Lipinski definition) is 8. The molecule has 0 spiro atoms. The predicted octanol–water partition coefficient (Wildman–Crippen LogP) is 12.7. The summed E-state index contributed by atoms with van der Waals surface area (Å²) in [6, 6.07) is 27.7. The Labute approximate surface area is 887 Å². The fourth-order valence-corrected chi connectivity index (χ4v) is 21.6. The van der Waals surface area contributed by atoms with Crippen molar-refractivity contribution in [2.75, 3.05) is 140 Å². The molecule has 8 amide bonds. The standard InChI is InChI=1S/C37H42ClFN8O5S.C35H37ClFN7O7S.C31H30ClFN6O5S/c1-22(48)29(40)4-3-13-41-31(49)12-7-23-5-9-25(10-6-23)47-20-26-19-45(15-16-46(26)37(47)51)21-30-32(36(50)52-2)33(27-11-8-24(39)18-28(27)38)44-34(43-30)35-42-14-17-53-35;1-35(2,3)51-33(48)41-27(31(45)46)19-6-5-7-21(14-19)44-17-22-16-42(11-12-43(22)34(44)49)18-25-26(32(47)50-4)28(23-9-8-20(37)15-24(23)36)40-29(39-25)30-38-10-13-52-30;1-2-44-30(42)26-24(35-28(29-34-9-12-45-29)36-27(26)22-8-5-19(33)14-23(22)32)17-37-10-11-38-21(15-37)16-39(31(38)43)20-6-3-18(4-7-20)13-25(40)41/h5-6,8-11,14,17-18,26,29,33H,3-4,7,12-13,15-16,19-21,40H2,1-2H3,(H,41,49)(H,43,44);5-10,13-15,22,27-28H,11-12,16-18H2,1-4H3,(H,39,40)(H,41,48)(H,45,46);3-9,12,14,21,27H,2,10-11,13,15-17H2,1H3,(H,35,36)(H,40,41)/t26-,29-,33-;22-,27?,28-;21-,27-/m000/s1. The Morgan fingerprint density at radius 3 is 1.29 bits per heavy atom. The molecule has 788 valence electrons. The van der Waals surface area contributed by atoms with E-state index in [0.717, 1.165) is 11.3 Å². The summed E-state index contributed by atoms with van der Waals surface area (Å²) in [7, 11) is 2.57. The van der Waals surface area contributed by atoms with E-state index >= 15 is 0 Å². The van der Waals surface area contributed by atoms with Crippen molar-refractivity contribution in [3.63, 3.8) is 0 Å². The van der Waals surface area contributed by atoms with Gasteiger partial charge in [0.1, 0.15) is 47.0 Å². The molecule has 0 bridgehead atoms. The minimum Gasteiger partial charge on any atom is -0.481 e. The van der Waals surface area contributed by atoms with Crippen molar-refractivity contribution < 1.29 is 95.1 Å². The number of amides is 8. The Morgan fingerprint density at radius 2 is 0.927 bits per heavy atom. The van der Waals surface area contributed by atoms with Crippen LogP contribution in [0.15, 0.2) is 211 Å². The number of methoxy groups -OCH3 is 2. The Bertz CT molecular complexity index is 6800. The summed E-state index contributed by atoms with van der Waals surface area (Å²) in [5.74, 6) is -4.28. The first-order valence-corrected chi connectivity index (χ1v) is 52.0. The quantitative estimate of drug-likeness (QED) is 0.0110. The second-order valence-corrected chi connectivity index (χ2v) is 41.4. The SMILES string of the molecule is CCOC(=O)C1=C(CN2CCN3C(=O)N(c4ccc(CC(=O)O)cc4)C[C@@H]3C2)NC(c2nccs2)=N[C@H]1c1ccc(F)cc1Cl.COC(=O)C1=C(CN2CCN3C(=O)N(c4ccc(CCC(=O)NCCC[C@H](N)C(C)=O)cc4)C[C@@H]3C2)NC(c2nccs2)=N[C@H]1c1ccc(F)cc1Cl.COC(=O)C1=C(CN2CCN3C(=O)N(c4cccc(C(NC(=O)OC(C)(C)C)C(=O)O)c4)C[C@@H]3C2)NC(c2nccs2)=N[C@H]1c1ccc(F)cc1Cl. The maximum Gasteiger partial charge on any atom is 0.408 e. The molecule has 9 N–H and O–H groups in total. The van der Waals surface area contributed by atoms with Crippen LogP contribution in [0.1, 0.15) is 126 Å². The molecule has 6 fully saturated rings. The highest BCUT2D eigenvalue weighted by molar-refractivity contribution is 7.12. The van der Waals surface area contributed by atoms with Crippen LogP contribution in [0.5, 0.6) is 0 Å². The molecule has 6 aromatic carbocycles. The number of urea groups is 3. The summed E-state index contributed by atoms with van der Waals surface area (Å²) in [4.78, 5) is 185. The first-order valence-electron chi connectivity index (χ1n) is 48.2. The first kappa shape index (κ1) is 109. The summed E-state index contributed by atoms with van der Waals surface area (Å²) in [6.45, 7) is 15.5. The number of halogens is 6. The fourth-order valence-electron chi connectivity index (χ4n) is 19.1. The van der Waals surface area contributed by atoms with E-state index in [-0.39, 0.29) is 105 Å². The van der Waals surface area contributed by atoms with Crippen LogP contribution in [0.25, 0.3) is 0 Å². The molecular formula is C103H109Cl3F3N21O17S3. The summed E-state index contributed by atoms with van der Waals surface area (Å²) in [6.07, 6.45) is 6.05. The number of nitrogens with one attached hydrogen (secondary N) is 5. The third-order valence-corrected chi connectivity index (χ3v) is 29.6. The number of nitrogens with two attached hydrogens (primary N) is 1. The lowest BCUT2D eigenvalue weighted by Gasteiger charge is -2.38. The maximum absolute atomic E-state index is 14.0. The number of Topliss-reactive ketones (excluding diaryl/α,β-unsaturated/α-hetero) is 1. The number of nitrogens with zero attached hydrogens (tertiary/aromatic N) is 15. The molecule has 18 rings (SSSR count). The molecule has 9 aliphatic rings. The summed E-state index contributed by atoms with van der Waals surface area (Å²) >= 11 is 23.6. The number of piperazine rings is 3. The van der Waals surface area contributed by atoms with Gasteiger partial charge in [-0.25, -0.2) is 66.5 Å². The van der Waals surface area contributed by atoms with Crippen molar-refractivity contribution in [2.45, 2.75) is 121 Å². The highest BCUT2D eigenvalue weighted by Gasteiger charge is 2.48. The monoisotopic (exact) mass is 2170 g/mol. The molecule has 9 aromatic rings. The maximum atomic E-state index is 14.0. The zero-order valence-corrected chi connectivity index (χ0v) is 87.3. The number of carbonyl (C=O) groups excluding carboxylic acids is 9. The topological polar surface area (TPSA) is 456 Å². The van der Waals surface area contributed by atoms with Crippen molar-refractivity contribution >= 4 is 169 Å². The number of carbonyl (C=O) groups is 11. The molecule has 0 radical (unpaired) electrons. The number of ketones is 1. The lowest BCUT2D eigenvalue weighted by molar-refractivity contribution is -0.140. The number of hydrogen-bond acceptors (Lipinski definition) is 31. The third-order valence-electron chi connectivity index (χ3n) is 26.3. The van der Waals surface area contributed by atoms with Crippen LogP contribution in [-0.4, -0.2) is 293 Å². The zero-order valence-electron chi connectivity index (χ0n) is 82.6. The lowest BCUT2D eigenvalue weighted by Crippen LogP contribution is -2.53. The second kappa shape index (κ2) is 48.3. The Hall–Kier alpha value is -14.1. The minimum absolute atomic E-state index is 0.0587. The van der Waals surface area contributed by atoms with Gasteiger partial charge in [0.2, 0.25) is 5.91 Å². The molecule has 3 aromatic heterocycles. The number of aromatic nitrogens is 3. The average Bonchev–Trinajstić information content (AvgIpc) is 1.31. The molecular weight excluding hydrogens is 2060 g/mol. The number of rotatable bonds is 32. The van der Waals surface area contributed by atoms with Crippen LogP contribution in [0.2, 0.25) is 15.1 Å². The number of anilines is 3. The largest absolute Gasteiger partial charge is 0.481 e. The number of alkyl carbamates (subject to hydrolysis) is 1. The van der Waals surface area contributed by atoms with Gasteiger partial charge in [0.15, 0.2) is 38.6 Å². The van der Waals surface area contributed by atoms with Crippen molar-refractivity contribution in [3.05, 3.63) is 277 Å². The van der Waals surface area contributed by atoms with Gasteiger partial charge in [-0.1, -0.05) is 89.4 Å².